The van der Waals surface area contributed by atoms with E-state index in [0.717, 1.165) is 32.4 Å². The number of unbranched alkanes of at least 4 members (excludes halogenated alkanes) is 2. The first-order chi connectivity index (χ1) is 6.65. The third-order valence-electron chi connectivity index (χ3n) is 2.77. The number of likely N-dealkylation sites (tertiary alicyclic amines) is 1. The molecule has 1 aliphatic heterocycles. The number of carboxylic acids is 1. The first-order valence-electron chi connectivity index (χ1n) is 5.37. The standard InChI is InChI=1S/C10H20N2O2/c1-2-3-4-5-12-7-8(11)6-9(12)10(13)14/h8-9H,2-7,11H2,1H3,(H,13,14). The molecule has 1 saturated heterocycles. The summed E-state index contributed by atoms with van der Waals surface area (Å²) < 4.78 is 0. The number of carbonyl (C=O) groups is 1. The van der Waals surface area contributed by atoms with E-state index in [1.165, 1.54) is 0 Å². The van der Waals surface area contributed by atoms with Crippen LogP contribution in [-0.2, 0) is 4.79 Å². The second kappa shape index (κ2) is 5.32. The van der Waals surface area contributed by atoms with Crippen molar-refractivity contribution in [3.05, 3.63) is 0 Å². The van der Waals surface area contributed by atoms with Crippen molar-refractivity contribution >= 4 is 5.97 Å². The molecule has 2 atom stereocenters. The van der Waals surface area contributed by atoms with Gasteiger partial charge >= 0.3 is 5.97 Å². The first kappa shape index (κ1) is 11.5. The second-order valence-electron chi connectivity index (χ2n) is 4.05. The Bertz CT molecular complexity index is 197. The SMILES string of the molecule is CCCCCN1CC(N)CC1C(=O)O. The predicted octanol–water partition coefficient (Wildman–Crippen LogP) is 0.663. The average molecular weight is 200 g/mol. The van der Waals surface area contributed by atoms with Crippen LogP contribution in [0.15, 0.2) is 0 Å². The number of carboxylic acid groups (broad SMARTS) is 1. The number of nitrogens with zero attached hydrogens (tertiary/aromatic N) is 1. The van der Waals surface area contributed by atoms with Gasteiger partial charge in [-0.15, -0.1) is 0 Å². The Kier molecular flexibility index (Phi) is 4.35. The van der Waals surface area contributed by atoms with Gasteiger partial charge in [0.15, 0.2) is 0 Å². The lowest BCUT2D eigenvalue weighted by molar-refractivity contribution is -0.142. The molecule has 0 aromatic carbocycles. The Balaban J connectivity index is 2.37. The number of hydrogen-bond acceptors (Lipinski definition) is 3. The van der Waals surface area contributed by atoms with Crippen LogP contribution < -0.4 is 5.73 Å². The van der Waals surface area contributed by atoms with E-state index in [-0.39, 0.29) is 12.1 Å². The summed E-state index contributed by atoms with van der Waals surface area (Å²) in [5.41, 5.74) is 5.75. The molecule has 0 bridgehead atoms. The van der Waals surface area contributed by atoms with Crippen LogP contribution >= 0.6 is 0 Å². The molecule has 3 N–H and O–H groups in total. The van der Waals surface area contributed by atoms with Crippen LogP contribution in [-0.4, -0.2) is 41.1 Å². The van der Waals surface area contributed by atoms with Crippen molar-refractivity contribution in [2.24, 2.45) is 5.73 Å². The minimum absolute atomic E-state index is 0.0396. The van der Waals surface area contributed by atoms with Gasteiger partial charge in [0, 0.05) is 12.6 Å². The van der Waals surface area contributed by atoms with Gasteiger partial charge in [-0.25, -0.2) is 0 Å². The zero-order valence-corrected chi connectivity index (χ0v) is 8.78. The molecule has 1 fully saturated rings. The van der Waals surface area contributed by atoms with Crippen molar-refractivity contribution in [3.8, 4) is 0 Å². The lowest BCUT2D eigenvalue weighted by atomic mass is 10.2. The van der Waals surface area contributed by atoms with Gasteiger partial charge in [0.05, 0.1) is 0 Å². The summed E-state index contributed by atoms with van der Waals surface area (Å²) in [6.07, 6.45) is 4.00. The summed E-state index contributed by atoms with van der Waals surface area (Å²) in [5.74, 6) is -0.727. The Morgan fingerprint density at radius 2 is 2.29 bits per heavy atom. The number of nitrogens with two attached hydrogens (primary N) is 1. The Morgan fingerprint density at radius 1 is 1.57 bits per heavy atom. The quantitative estimate of drug-likeness (QED) is 0.640. The zero-order chi connectivity index (χ0) is 10.6. The molecule has 4 nitrogen and oxygen atoms in total. The highest BCUT2D eigenvalue weighted by Crippen LogP contribution is 2.17. The molecular formula is C10H20N2O2. The van der Waals surface area contributed by atoms with Crippen LogP contribution in [0.4, 0.5) is 0 Å². The molecule has 14 heavy (non-hydrogen) atoms. The Hall–Kier alpha value is -0.610. The van der Waals surface area contributed by atoms with Crippen LogP contribution in [0.1, 0.15) is 32.6 Å². The molecule has 1 aliphatic rings. The van der Waals surface area contributed by atoms with Crippen LogP contribution in [0.5, 0.6) is 0 Å². The Labute approximate surface area is 85.1 Å². The fourth-order valence-corrected chi connectivity index (χ4v) is 2.01. The molecule has 1 rings (SSSR count). The number of aliphatic carboxylic acids is 1. The van der Waals surface area contributed by atoms with E-state index in [1.807, 2.05) is 4.90 Å². The maximum Gasteiger partial charge on any atom is 0.320 e. The highest BCUT2D eigenvalue weighted by Gasteiger charge is 2.34. The summed E-state index contributed by atoms with van der Waals surface area (Å²) in [7, 11) is 0. The number of rotatable bonds is 5. The van der Waals surface area contributed by atoms with E-state index in [9.17, 15) is 4.79 Å². The maximum absolute atomic E-state index is 10.9. The van der Waals surface area contributed by atoms with E-state index in [2.05, 4.69) is 6.92 Å². The molecule has 0 aromatic rings. The smallest absolute Gasteiger partial charge is 0.320 e. The molecule has 0 saturated carbocycles. The number of hydrogen-bond donors (Lipinski definition) is 2. The molecule has 0 aromatic heterocycles. The summed E-state index contributed by atoms with van der Waals surface area (Å²) >= 11 is 0. The normalized spacial score (nSPS) is 28.1. The maximum atomic E-state index is 10.9. The molecule has 1 heterocycles. The lowest BCUT2D eigenvalue weighted by Gasteiger charge is -2.20. The lowest BCUT2D eigenvalue weighted by Crippen LogP contribution is -2.36. The van der Waals surface area contributed by atoms with Crippen LogP contribution in [0.2, 0.25) is 0 Å². The fourth-order valence-electron chi connectivity index (χ4n) is 2.01. The van der Waals surface area contributed by atoms with Crippen molar-refractivity contribution in [1.29, 1.82) is 0 Å². The van der Waals surface area contributed by atoms with E-state index in [1.54, 1.807) is 0 Å². The van der Waals surface area contributed by atoms with E-state index in [0.29, 0.717) is 6.42 Å². The first-order valence-corrected chi connectivity index (χ1v) is 5.37. The van der Waals surface area contributed by atoms with Crippen LogP contribution in [0.3, 0.4) is 0 Å². The summed E-state index contributed by atoms with van der Waals surface area (Å²) in [4.78, 5) is 12.9. The van der Waals surface area contributed by atoms with Gasteiger partial charge < -0.3 is 10.8 Å². The Morgan fingerprint density at radius 3 is 2.86 bits per heavy atom. The highest BCUT2D eigenvalue weighted by atomic mass is 16.4. The van der Waals surface area contributed by atoms with Gasteiger partial charge in [-0.05, 0) is 19.4 Å². The molecule has 2 unspecified atom stereocenters. The minimum atomic E-state index is -0.727. The highest BCUT2D eigenvalue weighted by molar-refractivity contribution is 5.74. The average Bonchev–Trinajstić information content (AvgIpc) is 2.47. The van der Waals surface area contributed by atoms with Crippen molar-refractivity contribution < 1.29 is 9.90 Å². The summed E-state index contributed by atoms with van der Waals surface area (Å²) in [6, 6.07) is -0.306. The third kappa shape index (κ3) is 2.96. The second-order valence-corrected chi connectivity index (χ2v) is 4.05. The van der Waals surface area contributed by atoms with Gasteiger partial charge in [-0.1, -0.05) is 19.8 Å². The minimum Gasteiger partial charge on any atom is -0.480 e. The summed E-state index contributed by atoms with van der Waals surface area (Å²) in [6.45, 7) is 3.75. The summed E-state index contributed by atoms with van der Waals surface area (Å²) in [5, 5.41) is 8.96. The van der Waals surface area contributed by atoms with Gasteiger partial charge in [0.25, 0.3) is 0 Å². The zero-order valence-electron chi connectivity index (χ0n) is 8.78. The van der Waals surface area contributed by atoms with Crippen LogP contribution in [0, 0.1) is 0 Å². The largest absolute Gasteiger partial charge is 0.480 e. The van der Waals surface area contributed by atoms with Gasteiger partial charge in [-0.2, -0.15) is 0 Å². The molecular weight excluding hydrogens is 180 g/mol. The fraction of sp³-hybridized carbons (Fsp3) is 0.900. The van der Waals surface area contributed by atoms with E-state index < -0.39 is 5.97 Å². The van der Waals surface area contributed by atoms with E-state index >= 15 is 0 Å². The molecule has 0 aliphatic carbocycles. The van der Waals surface area contributed by atoms with Gasteiger partial charge in [0.1, 0.15) is 6.04 Å². The third-order valence-corrected chi connectivity index (χ3v) is 2.77. The predicted molar refractivity (Wildman–Crippen MR) is 55.1 cm³/mol. The van der Waals surface area contributed by atoms with Gasteiger partial charge in [0.2, 0.25) is 0 Å². The molecule has 0 amide bonds. The molecule has 0 radical (unpaired) electrons. The van der Waals surface area contributed by atoms with Crippen molar-refractivity contribution in [3.63, 3.8) is 0 Å². The topological polar surface area (TPSA) is 66.6 Å². The van der Waals surface area contributed by atoms with Gasteiger partial charge in [-0.3, -0.25) is 9.69 Å². The monoisotopic (exact) mass is 200 g/mol. The van der Waals surface area contributed by atoms with Crippen molar-refractivity contribution in [1.82, 2.24) is 4.90 Å². The molecule has 82 valence electrons. The molecule has 4 heteroatoms. The van der Waals surface area contributed by atoms with Crippen molar-refractivity contribution in [2.75, 3.05) is 13.1 Å². The van der Waals surface area contributed by atoms with Crippen molar-refractivity contribution in [2.45, 2.75) is 44.7 Å². The van der Waals surface area contributed by atoms with Crippen LogP contribution in [0.25, 0.3) is 0 Å². The van der Waals surface area contributed by atoms with E-state index in [4.69, 9.17) is 10.8 Å². The molecule has 0 spiro atoms.